The summed E-state index contributed by atoms with van der Waals surface area (Å²) in [5, 5.41) is 2.60. The molecule has 2 rings (SSSR count). The van der Waals surface area contributed by atoms with E-state index in [2.05, 4.69) is 5.32 Å². The van der Waals surface area contributed by atoms with E-state index in [4.69, 9.17) is 5.73 Å². The predicted octanol–water partition coefficient (Wildman–Crippen LogP) is 0.930. The summed E-state index contributed by atoms with van der Waals surface area (Å²) < 4.78 is 25.6. The van der Waals surface area contributed by atoms with Crippen molar-refractivity contribution in [3.05, 3.63) is 29.8 Å². The van der Waals surface area contributed by atoms with Gasteiger partial charge in [-0.3, -0.25) is 9.59 Å². The lowest BCUT2D eigenvalue weighted by molar-refractivity contribution is -0.116. The number of nitrogens with one attached hydrogen (secondary N) is 1. The first-order valence-electron chi connectivity index (χ1n) is 7.56. The van der Waals surface area contributed by atoms with Crippen molar-refractivity contribution in [1.82, 2.24) is 4.31 Å². The molecule has 23 heavy (non-hydrogen) atoms. The number of primary amides is 1. The number of amides is 2. The number of para-hydroxylation sites is 1. The van der Waals surface area contributed by atoms with E-state index in [-0.39, 0.29) is 30.1 Å². The second-order valence-electron chi connectivity index (χ2n) is 5.48. The smallest absolute Gasteiger partial charge is 0.250 e. The van der Waals surface area contributed by atoms with Crippen LogP contribution in [0.2, 0.25) is 0 Å². The Kier molecular flexibility index (Phi) is 5.73. The quantitative estimate of drug-likeness (QED) is 0.770. The van der Waals surface area contributed by atoms with Gasteiger partial charge in [-0.2, -0.15) is 0 Å². The van der Waals surface area contributed by atoms with Crippen LogP contribution in [0.4, 0.5) is 5.69 Å². The van der Waals surface area contributed by atoms with Crippen molar-refractivity contribution < 1.29 is 18.0 Å². The molecule has 0 atom stereocenters. The maximum atomic E-state index is 12.0. The molecule has 1 aromatic rings. The van der Waals surface area contributed by atoms with Gasteiger partial charge in [-0.05, 0) is 31.4 Å². The molecule has 0 aliphatic carbocycles. The Morgan fingerprint density at radius 3 is 2.48 bits per heavy atom. The van der Waals surface area contributed by atoms with Crippen molar-refractivity contribution in [1.29, 1.82) is 0 Å². The van der Waals surface area contributed by atoms with Gasteiger partial charge < -0.3 is 11.1 Å². The van der Waals surface area contributed by atoms with Gasteiger partial charge in [0.25, 0.3) is 5.91 Å². The van der Waals surface area contributed by atoms with Gasteiger partial charge in [0.15, 0.2) is 0 Å². The first-order valence-corrected chi connectivity index (χ1v) is 9.17. The summed E-state index contributed by atoms with van der Waals surface area (Å²) in [4.78, 5) is 23.2. The SMILES string of the molecule is NC(=O)c1ccccc1NC(=O)CCCS(=O)(=O)N1CCCC1. The molecule has 1 aliphatic rings. The molecule has 0 saturated carbocycles. The van der Waals surface area contributed by atoms with Crippen LogP contribution >= 0.6 is 0 Å². The average molecular weight is 339 g/mol. The zero-order valence-corrected chi connectivity index (χ0v) is 13.6. The van der Waals surface area contributed by atoms with Crippen LogP contribution in [0.1, 0.15) is 36.0 Å². The van der Waals surface area contributed by atoms with Crippen LogP contribution < -0.4 is 11.1 Å². The second kappa shape index (κ2) is 7.56. The molecule has 3 N–H and O–H groups in total. The van der Waals surface area contributed by atoms with Crippen LogP contribution in [-0.2, 0) is 14.8 Å². The molecule has 0 radical (unpaired) electrons. The predicted molar refractivity (Wildman–Crippen MR) is 87.4 cm³/mol. The summed E-state index contributed by atoms with van der Waals surface area (Å²) in [6, 6.07) is 6.44. The van der Waals surface area contributed by atoms with Gasteiger partial charge in [0.05, 0.1) is 17.0 Å². The molecule has 1 aromatic carbocycles. The van der Waals surface area contributed by atoms with Crippen LogP contribution in [0.3, 0.4) is 0 Å². The summed E-state index contributed by atoms with van der Waals surface area (Å²) in [7, 11) is -3.27. The lowest BCUT2D eigenvalue weighted by atomic mass is 10.1. The van der Waals surface area contributed by atoms with Gasteiger partial charge in [0.2, 0.25) is 15.9 Å². The van der Waals surface area contributed by atoms with E-state index in [0.717, 1.165) is 12.8 Å². The molecular weight excluding hydrogens is 318 g/mol. The highest BCUT2D eigenvalue weighted by Crippen LogP contribution is 2.16. The first-order chi connectivity index (χ1) is 10.9. The third-order valence-electron chi connectivity index (χ3n) is 3.73. The largest absolute Gasteiger partial charge is 0.366 e. The number of anilines is 1. The zero-order valence-electron chi connectivity index (χ0n) is 12.8. The maximum Gasteiger partial charge on any atom is 0.250 e. The van der Waals surface area contributed by atoms with Gasteiger partial charge in [0.1, 0.15) is 0 Å². The molecule has 0 unspecified atom stereocenters. The first kappa shape index (κ1) is 17.4. The molecule has 1 fully saturated rings. The Morgan fingerprint density at radius 2 is 1.83 bits per heavy atom. The van der Waals surface area contributed by atoms with E-state index in [9.17, 15) is 18.0 Å². The third kappa shape index (κ3) is 4.77. The molecular formula is C15H21N3O4S. The number of rotatable bonds is 7. The summed E-state index contributed by atoms with van der Waals surface area (Å²) >= 11 is 0. The molecule has 1 heterocycles. The molecule has 7 nitrogen and oxygen atoms in total. The fourth-order valence-electron chi connectivity index (χ4n) is 2.53. The lowest BCUT2D eigenvalue weighted by Crippen LogP contribution is -2.30. The van der Waals surface area contributed by atoms with E-state index in [1.54, 1.807) is 18.2 Å². The Labute approximate surface area is 135 Å². The van der Waals surface area contributed by atoms with Gasteiger partial charge in [0, 0.05) is 19.5 Å². The molecule has 0 spiro atoms. The van der Waals surface area contributed by atoms with E-state index in [0.29, 0.717) is 18.8 Å². The van der Waals surface area contributed by atoms with Gasteiger partial charge >= 0.3 is 0 Å². The van der Waals surface area contributed by atoms with Crippen molar-refractivity contribution in [2.45, 2.75) is 25.7 Å². The van der Waals surface area contributed by atoms with Crippen LogP contribution in [-0.4, -0.2) is 43.4 Å². The Balaban J connectivity index is 1.85. The van der Waals surface area contributed by atoms with Crippen LogP contribution in [0.25, 0.3) is 0 Å². The standard InChI is InChI=1S/C15H21N3O4S/c16-15(20)12-6-1-2-7-13(12)17-14(19)8-5-11-23(21,22)18-9-3-4-10-18/h1-2,6-7H,3-5,8-11H2,(H2,16,20)(H,17,19). The van der Waals surface area contributed by atoms with Crippen molar-refractivity contribution in [3.8, 4) is 0 Å². The molecule has 0 aromatic heterocycles. The monoisotopic (exact) mass is 339 g/mol. The second-order valence-corrected chi connectivity index (χ2v) is 7.57. The van der Waals surface area contributed by atoms with Crippen molar-refractivity contribution in [2.24, 2.45) is 5.73 Å². The molecule has 8 heteroatoms. The number of nitrogens with two attached hydrogens (primary N) is 1. The minimum atomic E-state index is -3.27. The van der Waals surface area contributed by atoms with E-state index >= 15 is 0 Å². The van der Waals surface area contributed by atoms with Crippen LogP contribution in [0.5, 0.6) is 0 Å². The molecule has 0 bridgehead atoms. The number of carbonyl (C=O) groups excluding carboxylic acids is 2. The van der Waals surface area contributed by atoms with E-state index in [1.165, 1.54) is 10.4 Å². The zero-order chi connectivity index (χ0) is 16.9. The summed E-state index contributed by atoms with van der Waals surface area (Å²) in [6.07, 6.45) is 2.09. The van der Waals surface area contributed by atoms with Crippen molar-refractivity contribution in [2.75, 3.05) is 24.2 Å². The Morgan fingerprint density at radius 1 is 1.17 bits per heavy atom. The number of sulfonamides is 1. The van der Waals surface area contributed by atoms with Crippen LogP contribution in [0.15, 0.2) is 24.3 Å². The number of benzene rings is 1. The number of carbonyl (C=O) groups is 2. The Hall–Kier alpha value is -1.93. The highest BCUT2D eigenvalue weighted by molar-refractivity contribution is 7.89. The topological polar surface area (TPSA) is 110 Å². The Bertz CT molecular complexity index is 682. The summed E-state index contributed by atoms with van der Waals surface area (Å²) in [6.45, 7) is 1.14. The molecule has 126 valence electrons. The van der Waals surface area contributed by atoms with E-state index < -0.39 is 15.9 Å². The number of nitrogens with zero attached hydrogens (tertiary/aromatic N) is 1. The molecule has 1 aliphatic heterocycles. The minimum absolute atomic E-state index is 0.0438. The molecule has 1 saturated heterocycles. The van der Waals surface area contributed by atoms with E-state index in [1.807, 2.05) is 0 Å². The highest BCUT2D eigenvalue weighted by Gasteiger charge is 2.24. The molecule has 2 amide bonds. The normalized spacial score (nSPS) is 15.5. The number of hydrogen-bond donors (Lipinski definition) is 2. The summed E-state index contributed by atoms with van der Waals surface area (Å²) in [5.74, 6) is -1.01. The van der Waals surface area contributed by atoms with Gasteiger partial charge in [-0.1, -0.05) is 12.1 Å². The maximum absolute atomic E-state index is 12.0. The van der Waals surface area contributed by atoms with Gasteiger partial charge in [-0.25, -0.2) is 12.7 Å². The minimum Gasteiger partial charge on any atom is -0.366 e. The highest BCUT2D eigenvalue weighted by atomic mass is 32.2. The van der Waals surface area contributed by atoms with Crippen molar-refractivity contribution in [3.63, 3.8) is 0 Å². The number of hydrogen-bond acceptors (Lipinski definition) is 4. The summed E-state index contributed by atoms with van der Waals surface area (Å²) in [5.41, 5.74) is 5.81. The lowest BCUT2D eigenvalue weighted by Gasteiger charge is -2.15. The van der Waals surface area contributed by atoms with Gasteiger partial charge in [-0.15, -0.1) is 0 Å². The van der Waals surface area contributed by atoms with Crippen LogP contribution in [0, 0.1) is 0 Å². The third-order valence-corrected chi connectivity index (χ3v) is 5.69. The van der Waals surface area contributed by atoms with Crippen molar-refractivity contribution >= 4 is 27.5 Å². The fraction of sp³-hybridized carbons (Fsp3) is 0.467. The fourth-order valence-corrected chi connectivity index (χ4v) is 4.11. The average Bonchev–Trinajstić information content (AvgIpc) is 3.02.